The van der Waals surface area contributed by atoms with Crippen molar-refractivity contribution in [1.29, 1.82) is 0 Å². The van der Waals surface area contributed by atoms with Crippen molar-refractivity contribution in [3.05, 3.63) is 64.1 Å². The van der Waals surface area contributed by atoms with E-state index >= 15 is 0 Å². The van der Waals surface area contributed by atoms with Crippen molar-refractivity contribution in [2.45, 2.75) is 5.75 Å². The highest BCUT2D eigenvalue weighted by molar-refractivity contribution is 9.10. The fourth-order valence-electron chi connectivity index (χ4n) is 1.67. The van der Waals surface area contributed by atoms with Gasteiger partial charge in [0.25, 0.3) is 0 Å². The van der Waals surface area contributed by atoms with Gasteiger partial charge < -0.3 is 5.32 Å². The molecule has 0 radical (unpaired) electrons. The van der Waals surface area contributed by atoms with Crippen LogP contribution < -0.4 is 5.32 Å². The fourth-order valence-corrected chi connectivity index (χ4v) is 2.89. The maximum Gasteiger partial charge on any atom is 0.234 e. The Balaban J connectivity index is 1.82. The molecule has 0 bridgehead atoms. The van der Waals surface area contributed by atoms with E-state index < -0.39 is 11.6 Å². The molecule has 0 fully saturated rings. The van der Waals surface area contributed by atoms with Crippen molar-refractivity contribution in [2.24, 2.45) is 0 Å². The summed E-state index contributed by atoms with van der Waals surface area (Å²) in [4.78, 5) is 11.7. The van der Waals surface area contributed by atoms with Crippen LogP contribution in [-0.4, -0.2) is 11.7 Å². The van der Waals surface area contributed by atoms with E-state index in [1.165, 1.54) is 17.8 Å². The molecule has 0 atom stereocenters. The number of carbonyl (C=O) groups is 1. The third-order valence-corrected chi connectivity index (χ3v) is 4.09. The van der Waals surface area contributed by atoms with Crippen LogP contribution in [0.1, 0.15) is 5.56 Å². The molecule has 0 spiro atoms. The van der Waals surface area contributed by atoms with Gasteiger partial charge in [0.1, 0.15) is 11.6 Å². The van der Waals surface area contributed by atoms with Gasteiger partial charge in [-0.25, -0.2) is 8.78 Å². The van der Waals surface area contributed by atoms with Gasteiger partial charge in [-0.3, -0.25) is 4.79 Å². The lowest BCUT2D eigenvalue weighted by Gasteiger charge is -2.06. The molecule has 2 rings (SSSR count). The van der Waals surface area contributed by atoms with Gasteiger partial charge in [0.05, 0.1) is 11.4 Å². The van der Waals surface area contributed by atoms with Crippen LogP contribution in [0.25, 0.3) is 0 Å². The summed E-state index contributed by atoms with van der Waals surface area (Å²) in [5.74, 6) is -0.891. The molecule has 1 amide bonds. The number of hydrogen-bond donors (Lipinski definition) is 1. The van der Waals surface area contributed by atoms with Crippen LogP contribution in [0.15, 0.2) is 46.9 Å². The normalized spacial score (nSPS) is 10.4. The SMILES string of the molecule is O=C(CSCc1cccc(Br)c1)Nc1ccc(F)cc1F. The Kier molecular flexibility index (Phi) is 5.76. The van der Waals surface area contributed by atoms with Crippen molar-refractivity contribution in [2.75, 3.05) is 11.1 Å². The minimum atomic E-state index is -0.777. The van der Waals surface area contributed by atoms with E-state index in [1.807, 2.05) is 24.3 Å². The van der Waals surface area contributed by atoms with Gasteiger partial charge in [-0.1, -0.05) is 28.1 Å². The number of thioether (sulfide) groups is 1. The average Bonchev–Trinajstić information content (AvgIpc) is 2.42. The average molecular weight is 372 g/mol. The quantitative estimate of drug-likeness (QED) is 0.831. The lowest BCUT2D eigenvalue weighted by atomic mass is 10.2. The first-order valence-corrected chi connectivity index (χ1v) is 8.06. The van der Waals surface area contributed by atoms with Crippen LogP contribution in [0.2, 0.25) is 0 Å². The van der Waals surface area contributed by atoms with E-state index in [0.717, 1.165) is 22.2 Å². The summed E-state index contributed by atoms with van der Waals surface area (Å²) in [6.45, 7) is 0. The van der Waals surface area contributed by atoms with E-state index in [1.54, 1.807) is 0 Å². The number of nitrogens with one attached hydrogen (secondary N) is 1. The predicted molar refractivity (Wildman–Crippen MR) is 85.3 cm³/mol. The molecule has 0 saturated heterocycles. The van der Waals surface area contributed by atoms with Gasteiger partial charge in [-0.2, -0.15) is 0 Å². The predicted octanol–water partition coefficient (Wildman–Crippen LogP) is 4.60. The molecule has 0 aliphatic rings. The summed E-state index contributed by atoms with van der Waals surface area (Å²) in [6.07, 6.45) is 0. The molecule has 6 heteroatoms. The monoisotopic (exact) mass is 371 g/mol. The molecule has 0 aromatic heterocycles. The first kappa shape index (κ1) is 16.0. The second-order valence-electron chi connectivity index (χ2n) is 4.30. The van der Waals surface area contributed by atoms with E-state index in [9.17, 15) is 13.6 Å². The maximum atomic E-state index is 13.4. The van der Waals surface area contributed by atoms with Crippen molar-refractivity contribution in [3.63, 3.8) is 0 Å². The summed E-state index contributed by atoms with van der Waals surface area (Å²) in [5.41, 5.74) is 1.08. The molecular weight excluding hydrogens is 360 g/mol. The zero-order valence-electron chi connectivity index (χ0n) is 10.9. The number of benzene rings is 2. The van der Waals surface area contributed by atoms with Crippen LogP contribution in [0, 0.1) is 11.6 Å². The number of rotatable bonds is 5. The minimum absolute atomic E-state index is 0.00976. The van der Waals surface area contributed by atoms with Gasteiger partial charge in [0, 0.05) is 16.3 Å². The Hall–Kier alpha value is -1.40. The summed E-state index contributed by atoms with van der Waals surface area (Å²) in [5, 5.41) is 2.42. The van der Waals surface area contributed by atoms with Crippen molar-refractivity contribution in [3.8, 4) is 0 Å². The molecule has 0 heterocycles. The van der Waals surface area contributed by atoms with Crippen LogP contribution in [-0.2, 0) is 10.5 Å². The fraction of sp³-hybridized carbons (Fsp3) is 0.133. The topological polar surface area (TPSA) is 29.1 Å². The summed E-state index contributed by atoms with van der Waals surface area (Å²) in [7, 11) is 0. The highest BCUT2D eigenvalue weighted by Gasteiger charge is 2.08. The van der Waals surface area contributed by atoms with Crippen molar-refractivity contribution in [1.82, 2.24) is 0 Å². The van der Waals surface area contributed by atoms with Crippen LogP contribution >= 0.6 is 27.7 Å². The Morgan fingerprint density at radius 1 is 1.19 bits per heavy atom. The Morgan fingerprint density at radius 2 is 2.00 bits per heavy atom. The second-order valence-corrected chi connectivity index (χ2v) is 6.20. The van der Waals surface area contributed by atoms with Gasteiger partial charge in [0.15, 0.2) is 0 Å². The smallest absolute Gasteiger partial charge is 0.234 e. The first-order chi connectivity index (χ1) is 10.0. The minimum Gasteiger partial charge on any atom is -0.323 e. The molecule has 0 aliphatic heterocycles. The van der Waals surface area contributed by atoms with Gasteiger partial charge >= 0.3 is 0 Å². The third kappa shape index (κ3) is 5.13. The molecule has 110 valence electrons. The maximum absolute atomic E-state index is 13.4. The molecule has 1 N–H and O–H groups in total. The number of carbonyl (C=O) groups excluding carboxylic acids is 1. The van der Waals surface area contributed by atoms with Crippen molar-refractivity contribution < 1.29 is 13.6 Å². The molecule has 0 aliphatic carbocycles. The Bertz CT molecular complexity index is 651. The highest BCUT2D eigenvalue weighted by Crippen LogP contribution is 2.18. The number of hydrogen-bond acceptors (Lipinski definition) is 2. The van der Waals surface area contributed by atoms with Gasteiger partial charge in [-0.15, -0.1) is 11.8 Å². The second kappa shape index (κ2) is 7.56. The molecular formula is C15H12BrF2NOS. The molecule has 0 unspecified atom stereocenters. The molecule has 21 heavy (non-hydrogen) atoms. The van der Waals surface area contributed by atoms with E-state index in [-0.39, 0.29) is 17.3 Å². The van der Waals surface area contributed by atoms with Crippen molar-refractivity contribution >= 4 is 39.3 Å². The molecule has 0 saturated carbocycles. The van der Waals surface area contributed by atoms with Crippen LogP contribution in [0.5, 0.6) is 0 Å². The Labute approximate surface area is 134 Å². The standard InChI is InChI=1S/C15H12BrF2NOS/c16-11-3-1-2-10(6-11)8-21-9-15(20)19-14-5-4-12(17)7-13(14)18/h1-7H,8-9H2,(H,19,20). The number of anilines is 1. The van der Waals surface area contributed by atoms with E-state index in [2.05, 4.69) is 21.2 Å². The van der Waals surface area contributed by atoms with E-state index in [0.29, 0.717) is 5.75 Å². The third-order valence-electron chi connectivity index (χ3n) is 2.60. The van der Waals surface area contributed by atoms with Crippen LogP contribution in [0.4, 0.5) is 14.5 Å². The summed E-state index contributed by atoms with van der Waals surface area (Å²) < 4.78 is 27.1. The number of amides is 1. The zero-order chi connectivity index (χ0) is 15.2. The lowest BCUT2D eigenvalue weighted by molar-refractivity contribution is -0.113. The van der Waals surface area contributed by atoms with E-state index in [4.69, 9.17) is 0 Å². The highest BCUT2D eigenvalue weighted by atomic mass is 79.9. The summed E-state index contributed by atoms with van der Waals surface area (Å²) >= 11 is 4.80. The van der Waals surface area contributed by atoms with Gasteiger partial charge in [0.2, 0.25) is 5.91 Å². The zero-order valence-corrected chi connectivity index (χ0v) is 13.3. The van der Waals surface area contributed by atoms with Gasteiger partial charge in [-0.05, 0) is 29.8 Å². The lowest BCUT2D eigenvalue weighted by Crippen LogP contribution is -2.15. The summed E-state index contributed by atoms with van der Waals surface area (Å²) in [6, 6.07) is 10.9. The first-order valence-electron chi connectivity index (χ1n) is 6.11. The Morgan fingerprint density at radius 3 is 2.71 bits per heavy atom. The number of halogens is 3. The molecule has 2 nitrogen and oxygen atoms in total. The van der Waals surface area contributed by atoms with Crippen LogP contribution in [0.3, 0.4) is 0 Å². The largest absolute Gasteiger partial charge is 0.323 e. The molecule has 2 aromatic carbocycles. The molecule has 2 aromatic rings.